The van der Waals surface area contributed by atoms with Crippen LogP contribution in [0.1, 0.15) is 10.4 Å². The van der Waals surface area contributed by atoms with Gasteiger partial charge in [0.15, 0.2) is 5.78 Å². The number of non-ortho nitro benzene ring substituents is 1. The fraction of sp³-hybridized carbons (Fsp3) is 0. The smallest absolute Gasteiger partial charge is 0.270 e. The predicted molar refractivity (Wildman–Crippen MR) is 92.0 cm³/mol. The molecule has 0 saturated heterocycles. The Morgan fingerprint density at radius 1 is 1.14 bits per heavy atom. The highest BCUT2D eigenvalue weighted by Crippen LogP contribution is 2.27. The Morgan fingerprint density at radius 2 is 1.82 bits per heavy atom. The summed E-state index contributed by atoms with van der Waals surface area (Å²) in [5.41, 5.74) is 1.20. The van der Waals surface area contributed by atoms with Gasteiger partial charge in [0.1, 0.15) is 0 Å². The number of carbonyl (C=O) groups excluding carboxylic acids is 1. The lowest BCUT2D eigenvalue weighted by Crippen LogP contribution is -1.97. The van der Waals surface area contributed by atoms with Crippen molar-refractivity contribution in [3.8, 4) is 0 Å². The average Bonchev–Trinajstić information content (AvgIpc) is 2.49. The van der Waals surface area contributed by atoms with Crippen molar-refractivity contribution in [3.63, 3.8) is 0 Å². The van der Waals surface area contributed by atoms with E-state index in [1.807, 2.05) is 0 Å². The summed E-state index contributed by atoms with van der Waals surface area (Å²) in [6.45, 7) is 0. The zero-order valence-corrected chi connectivity index (χ0v) is 14.3. The predicted octanol–water partition coefficient (Wildman–Crippen LogP) is 4.93. The number of hydrogen-bond acceptors (Lipinski definition) is 4. The molecule has 0 aliphatic rings. The topological polar surface area (TPSA) is 72.2 Å². The van der Waals surface area contributed by atoms with E-state index in [0.29, 0.717) is 15.7 Å². The summed E-state index contributed by atoms with van der Waals surface area (Å²) in [6, 6.07) is 11.4. The molecule has 0 saturated carbocycles. The Morgan fingerprint density at radius 3 is 2.41 bits per heavy atom. The van der Waals surface area contributed by atoms with Gasteiger partial charge in [-0.15, -0.1) is 0 Å². The lowest BCUT2D eigenvalue weighted by Gasteiger charge is -2.03. The van der Waals surface area contributed by atoms with E-state index in [2.05, 4.69) is 37.2 Å². The number of nitrogens with zero attached hydrogens (tertiary/aromatic N) is 1. The minimum absolute atomic E-state index is 0.00709. The fourth-order valence-electron chi connectivity index (χ4n) is 1.65. The lowest BCUT2D eigenvalue weighted by atomic mass is 10.1. The number of nitro benzene ring substituents is 1. The van der Waals surface area contributed by atoms with Gasteiger partial charge in [-0.3, -0.25) is 14.9 Å². The Labute approximate surface area is 143 Å². The van der Waals surface area contributed by atoms with Crippen LogP contribution in [0.25, 0.3) is 0 Å². The van der Waals surface area contributed by atoms with Gasteiger partial charge in [-0.25, -0.2) is 0 Å². The van der Waals surface area contributed by atoms with E-state index < -0.39 is 4.92 Å². The molecule has 0 heterocycles. The summed E-state index contributed by atoms with van der Waals surface area (Å²) < 4.78 is 1.45. The third-order valence-corrected chi connectivity index (χ3v) is 3.95. The van der Waals surface area contributed by atoms with Crippen molar-refractivity contribution in [1.82, 2.24) is 0 Å². The monoisotopic (exact) mass is 424 g/mol. The molecule has 112 valence electrons. The van der Waals surface area contributed by atoms with E-state index in [9.17, 15) is 14.9 Å². The van der Waals surface area contributed by atoms with Crippen LogP contribution in [0, 0.1) is 10.1 Å². The van der Waals surface area contributed by atoms with Gasteiger partial charge < -0.3 is 5.32 Å². The van der Waals surface area contributed by atoms with Crippen LogP contribution in [0.3, 0.4) is 0 Å². The minimum Gasteiger partial charge on any atom is -0.361 e. The number of anilines is 1. The van der Waals surface area contributed by atoms with Crippen molar-refractivity contribution in [3.05, 3.63) is 79.4 Å². The molecule has 0 spiro atoms. The molecule has 7 heteroatoms. The van der Waals surface area contributed by atoms with Crippen LogP contribution in [0.4, 0.5) is 11.4 Å². The van der Waals surface area contributed by atoms with Crippen molar-refractivity contribution in [1.29, 1.82) is 0 Å². The van der Waals surface area contributed by atoms with Gasteiger partial charge in [0.2, 0.25) is 0 Å². The Hall–Kier alpha value is -1.99. The highest BCUT2D eigenvalue weighted by Gasteiger charge is 2.08. The standard InChI is InChI=1S/C15H10Br2N2O3/c16-11-3-1-10(2-4-11)15(20)7-8-18-14-6-5-12(19(21)22)9-13(14)17/h1-9,18H. The maximum Gasteiger partial charge on any atom is 0.270 e. The zero-order chi connectivity index (χ0) is 16.1. The summed E-state index contributed by atoms with van der Waals surface area (Å²) in [5, 5.41) is 13.6. The number of nitro groups is 1. The fourth-order valence-corrected chi connectivity index (χ4v) is 2.40. The Balaban J connectivity index is 2.04. The molecular formula is C15H10Br2N2O3. The SMILES string of the molecule is O=C(C=CNc1ccc([N+](=O)[O-])cc1Br)c1ccc(Br)cc1. The first-order chi connectivity index (χ1) is 10.5. The van der Waals surface area contributed by atoms with Crippen LogP contribution in [-0.4, -0.2) is 10.7 Å². The van der Waals surface area contributed by atoms with Gasteiger partial charge in [0.05, 0.1) is 10.6 Å². The van der Waals surface area contributed by atoms with Crippen molar-refractivity contribution < 1.29 is 9.72 Å². The van der Waals surface area contributed by atoms with Crippen LogP contribution in [-0.2, 0) is 0 Å². The molecule has 1 N–H and O–H groups in total. The second kappa shape index (κ2) is 7.33. The number of ketones is 1. The van der Waals surface area contributed by atoms with Gasteiger partial charge in [-0.1, -0.05) is 15.9 Å². The Bertz CT molecular complexity index is 743. The molecule has 0 fully saturated rings. The molecule has 0 amide bonds. The van der Waals surface area contributed by atoms with Crippen molar-refractivity contribution in [2.75, 3.05) is 5.32 Å². The molecule has 22 heavy (non-hydrogen) atoms. The highest BCUT2D eigenvalue weighted by molar-refractivity contribution is 9.10. The number of hydrogen-bond donors (Lipinski definition) is 1. The van der Waals surface area contributed by atoms with Crippen LogP contribution < -0.4 is 5.32 Å². The van der Waals surface area contributed by atoms with E-state index in [-0.39, 0.29) is 11.5 Å². The van der Waals surface area contributed by atoms with Gasteiger partial charge in [0.25, 0.3) is 5.69 Å². The lowest BCUT2D eigenvalue weighted by molar-refractivity contribution is -0.384. The molecule has 0 radical (unpaired) electrons. The molecule has 2 rings (SSSR count). The number of carbonyl (C=O) groups is 1. The van der Waals surface area contributed by atoms with Crippen molar-refractivity contribution in [2.24, 2.45) is 0 Å². The molecule has 0 unspecified atom stereocenters. The maximum atomic E-state index is 11.9. The van der Waals surface area contributed by atoms with Crippen molar-refractivity contribution >= 4 is 49.0 Å². The summed E-state index contributed by atoms with van der Waals surface area (Å²) >= 11 is 6.55. The Kier molecular flexibility index (Phi) is 5.46. The normalized spacial score (nSPS) is 10.6. The molecule has 2 aromatic rings. The summed E-state index contributed by atoms with van der Waals surface area (Å²) in [7, 11) is 0. The van der Waals surface area contributed by atoms with E-state index >= 15 is 0 Å². The van der Waals surface area contributed by atoms with E-state index in [1.54, 1.807) is 30.3 Å². The molecule has 0 aliphatic carbocycles. The highest BCUT2D eigenvalue weighted by atomic mass is 79.9. The van der Waals surface area contributed by atoms with Crippen LogP contribution in [0.2, 0.25) is 0 Å². The molecule has 2 aromatic carbocycles. The second-order valence-corrected chi connectivity index (χ2v) is 6.04. The summed E-state index contributed by atoms with van der Waals surface area (Å²) in [4.78, 5) is 22.1. The molecule has 0 aromatic heterocycles. The number of benzene rings is 2. The van der Waals surface area contributed by atoms with Crippen molar-refractivity contribution in [2.45, 2.75) is 0 Å². The molecule has 0 aliphatic heterocycles. The second-order valence-electron chi connectivity index (χ2n) is 4.27. The first-order valence-corrected chi connectivity index (χ1v) is 7.73. The van der Waals surface area contributed by atoms with E-state index in [1.165, 1.54) is 24.4 Å². The third kappa shape index (κ3) is 4.25. The zero-order valence-electron chi connectivity index (χ0n) is 11.1. The first kappa shape index (κ1) is 16.4. The molecule has 5 nitrogen and oxygen atoms in total. The third-order valence-electron chi connectivity index (χ3n) is 2.77. The minimum atomic E-state index is -0.471. The average molecular weight is 426 g/mol. The largest absolute Gasteiger partial charge is 0.361 e. The van der Waals surface area contributed by atoms with E-state index in [4.69, 9.17) is 0 Å². The molecular weight excluding hydrogens is 416 g/mol. The van der Waals surface area contributed by atoms with Crippen LogP contribution in [0.5, 0.6) is 0 Å². The number of rotatable bonds is 5. The van der Waals surface area contributed by atoms with E-state index in [0.717, 1.165) is 4.47 Å². The number of nitrogens with one attached hydrogen (secondary N) is 1. The maximum absolute atomic E-state index is 11.9. The van der Waals surface area contributed by atoms with Crippen LogP contribution >= 0.6 is 31.9 Å². The van der Waals surface area contributed by atoms with Gasteiger partial charge in [-0.2, -0.15) is 0 Å². The summed E-state index contributed by atoms with van der Waals surface area (Å²) in [5.74, 6) is -0.141. The quantitative estimate of drug-likeness (QED) is 0.319. The van der Waals surface area contributed by atoms with Crippen LogP contribution in [0.15, 0.2) is 63.7 Å². The van der Waals surface area contributed by atoms with Gasteiger partial charge in [-0.05, 0) is 46.3 Å². The van der Waals surface area contributed by atoms with Gasteiger partial charge in [0, 0.05) is 38.9 Å². The molecule has 0 atom stereocenters. The molecule has 0 bridgehead atoms. The van der Waals surface area contributed by atoms with Gasteiger partial charge >= 0.3 is 0 Å². The number of halogens is 2. The summed E-state index contributed by atoms with van der Waals surface area (Å²) in [6.07, 6.45) is 2.90. The first-order valence-electron chi connectivity index (χ1n) is 6.14. The number of allylic oxidation sites excluding steroid dienone is 1.